The lowest BCUT2D eigenvalue weighted by Crippen LogP contribution is -2.25. The van der Waals surface area contributed by atoms with Crippen LogP contribution in [0.4, 0.5) is 5.69 Å². The molecule has 3 rings (SSSR count). The van der Waals surface area contributed by atoms with Crippen LogP contribution in [0.1, 0.15) is 28.8 Å². The summed E-state index contributed by atoms with van der Waals surface area (Å²) in [6.07, 6.45) is 6.00. The fourth-order valence-corrected chi connectivity index (χ4v) is 2.03. The van der Waals surface area contributed by atoms with E-state index in [0.29, 0.717) is 18.2 Å². The molecule has 1 aromatic heterocycles. The van der Waals surface area contributed by atoms with Gasteiger partial charge in [-0.05, 0) is 31.0 Å². The van der Waals surface area contributed by atoms with Gasteiger partial charge in [0.2, 0.25) is 0 Å². The van der Waals surface area contributed by atoms with E-state index in [9.17, 15) is 4.79 Å². The molecule has 1 aromatic carbocycles. The first kappa shape index (κ1) is 12.7. The van der Waals surface area contributed by atoms with Crippen LogP contribution in [0.3, 0.4) is 0 Å². The summed E-state index contributed by atoms with van der Waals surface area (Å²) in [6.45, 7) is 0.696. The molecule has 0 saturated heterocycles. The highest BCUT2D eigenvalue weighted by Gasteiger charge is 2.23. The van der Waals surface area contributed by atoms with Crippen molar-refractivity contribution in [2.75, 3.05) is 5.32 Å². The number of anilines is 1. The van der Waals surface area contributed by atoms with E-state index < -0.39 is 0 Å². The Morgan fingerprint density at radius 3 is 3.00 bits per heavy atom. The third kappa shape index (κ3) is 3.17. The Morgan fingerprint density at radius 2 is 2.30 bits per heavy atom. The highest BCUT2D eigenvalue weighted by atomic mass is 16.1. The van der Waals surface area contributed by atoms with Crippen LogP contribution < -0.4 is 10.6 Å². The summed E-state index contributed by atoms with van der Waals surface area (Å²) < 4.78 is 1.77. The second-order valence-electron chi connectivity index (χ2n) is 5.20. The van der Waals surface area contributed by atoms with Crippen molar-refractivity contribution in [1.82, 2.24) is 15.1 Å². The quantitative estimate of drug-likeness (QED) is 0.872. The number of nitrogens with zero attached hydrogens (tertiary/aromatic N) is 2. The minimum absolute atomic E-state index is 0.0116. The molecule has 1 heterocycles. The van der Waals surface area contributed by atoms with Gasteiger partial charge in [0.1, 0.15) is 0 Å². The van der Waals surface area contributed by atoms with Gasteiger partial charge >= 0.3 is 0 Å². The summed E-state index contributed by atoms with van der Waals surface area (Å²) in [7, 11) is 1.90. The molecule has 104 valence electrons. The summed E-state index contributed by atoms with van der Waals surface area (Å²) in [5.74, 6) is 0.0116. The van der Waals surface area contributed by atoms with Crippen LogP contribution in [0.15, 0.2) is 36.7 Å². The number of aryl methyl sites for hydroxylation is 1. The van der Waals surface area contributed by atoms with E-state index in [-0.39, 0.29) is 5.91 Å². The van der Waals surface area contributed by atoms with E-state index in [1.165, 1.54) is 0 Å². The lowest BCUT2D eigenvalue weighted by atomic mass is 10.2. The summed E-state index contributed by atoms with van der Waals surface area (Å²) >= 11 is 0. The standard InChI is InChI=1S/C15H18N4O/c1-19-10-11(9-17-19)8-16-14-4-2-3-12(7-14)15(20)18-13-5-6-13/h2-4,7,9-10,13,16H,5-6,8H2,1H3,(H,18,20). The predicted molar refractivity (Wildman–Crippen MR) is 77.5 cm³/mol. The van der Waals surface area contributed by atoms with Crippen LogP contribution in [0, 0.1) is 0 Å². The number of hydrogen-bond donors (Lipinski definition) is 2. The Balaban J connectivity index is 1.62. The number of aromatic nitrogens is 2. The van der Waals surface area contributed by atoms with Crippen LogP contribution >= 0.6 is 0 Å². The molecule has 1 aliphatic rings. The van der Waals surface area contributed by atoms with Gasteiger partial charge in [0.25, 0.3) is 5.91 Å². The van der Waals surface area contributed by atoms with E-state index in [1.54, 1.807) is 4.68 Å². The molecule has 0 spiro atoms. The summed E-state index contributed by atoms with van der Waals surface area (Å²) in [6, 6.07) is 7.97. The summed E-state index contributed by atoms with van der Waals surface area (Å²) in [5, 5.41) is 10.4. The van der Waals surface area contributed by atoms with Crippen LogP contribution in [-0.2, 0) is 13.6 Å². The van der Waals surface area contributed by atoms with Gasteiger partial charge in [-0.15, -0.1) is 0 Å². The molecule has 1 amide bonds. The maximum absolute atomic E-state index is 12.0. The minimum Gasteiger partial charge on any atom is -0.381 e. The molecule has 1 aliphatic carbocycles. The molecule has 2 N–H and O–H groups in total. The Kier molecular flexibility index (Phi) is 3.41. The van der Waals surface area contributed by atoms with E-state index >= 15 is 0 Å². The second-order valence-corrected chi connectivity index (χ2v) is 5.20. The molecule has 0 bridgehead atoms. The number of rotatable bonds is 5. The maximum atomic E-state index is 12.0. The highest BCUT2D eigenvalue weighted by molar-refractivity contribution is 5.95. The fourth-order valence-electron chi connectivity index (χ4n) is 2.03. The molecule has 0 radical (unpaired) electrons. The van der Waals surface area contributed by atoms with Gasteiger partial charge in [0, 0.05) is 42.6 Å². The van der Waals surface area contributed by atoms with Crippen molar-refractivity contribution in [1.29, 1.82) is 0 Å². The summed E-state index contributed by atoms with van der Waals surface area (Å²) in [4.78, 5) is 12.0. The van der Waals surface area contributed by atoms with Gasteiger partial charge in [0.15, 0.2) is 0 Å². The average Bonchev–Trinajstić information content (AvgIpc) is 3.17. The normalized spacial score (nSPS) is 14.1. The molecule has 1 saturated carbocycles. The van der Waals surface area contributed by atoms with Crippen molar-refractivity contribution < 1.29 is 4.79 Å². The van der Waals surface area contributed by atoms with Crippen molar-refractivity contribution in [3.8, 4) is 0 Å². The van der Waals surface area contributed by atoms with Crippen molar-refractivity contribution in [2.24, 2.45) is 7.05 Å². The smallest absolute Gasteiger partial charge is 0.251 e. The van der Waals surface area contributed by atoms with Gasteiger partial charge < -0.3 is 10.6 Å². The largest absolute Gasteiger partial charge is 0.381 e. The maximum Gasteiger partial charge on any atom is 0.251 e. The third-order valence-electron chi connectivity index (χ3n) is 3.29. The first-order chi connectivity index (χ1) is 9.70. The molecule has 5 heteroatoms. The Bertz CT molecular complexity index is 616. The number of amides is 1. The lowest BCUT2D eigenvalue weighted by Gasteiger charge is -2.08. The van der Waals surface area contributed by atoms with Gasteiger partial charge in [-0.25, -0.2) is 0 Å². The second kappa shape index (κ2) is 5.36. The Labute approximate surface area is 118 Å². The fraction of sp³-hybridized carbons (Fsp3) is 0.333. The van der Waals surface area contributed by atoms with Crippen LogP contribution in [0.2, 0.25) is 0 Å². The van der Waals surface area contributed by atoms with Crippen molar-refractivity contribution >= 4 is 11.6 Å². The van der Waals surface area contributed by atoms with Crippen LogP contribution in [0.5, 0.6) is 0 Å². The SMILES string of the molecule is Cn1cc(CNc2cccc(C(=O)NC3CC3)c2)cn1. The minimum atomic E-state index is 0.0116. The zero-order chi connectivity index (χ0) is 13.9. The first-order valence-corrected chi connectivity index (χ1v) is 6.83. The zero-order valence-corrected chi connectivity index (χ0v) is 11.5. The van der Waals surface area contributed by atoms with Crippen molar-refractivity contribution in [2.45, 2.75) is 25.4 Å². The number of carbonyl (C=O) groups is 1. The highest BCUT2D eigenvalue weighted by Crippen LogP contribution is 2.20. The van der Waals surface area contributed by atoms with Gasteiger partial charge in [-0.2, -0.15) is 5.10 Å². The Morgan fingerprint density at radius 1 is 1.45 bits per heavy atom. The van der Waals surface area contributed by atoms with E-state index in [0.717, 1.165) is 24.1 Å². The molecule has 5 nitrogen and oxygen atoms in total. The predicted octanol–water partition coefficient (Wildman–Crippen LogP) is 1.92. The summed E-state index contributed by atoms with van der Waals surface area (Å²) in [5.41, 5.74) is 2.76. The topological polar surface area (TPSA) is 59.0 Å². The molecule has 2 aromatic rings. The number of nitrogens with one attached hydrogen (secondary N) is 2. The molecular weight excluding hydrogens is 252 g/mol. The first-order valence-electron chi connectivity index (χ1n) is 6.83. The average molecular weight is 270 g/mol. The zero-order valence-electron chi connectivity index (χ0n) is 11.5. The van der Waals surface area contributed by atoms with Gasteiger partial charge in [-0.1, -0.05) is 6.07 Å². The number of carbonyl (C=O) groups excluding carboxylic acids is 1. The van der Waals surface area contributed by atoms with Crippen LogP contribution in [-0.4, -0.2) is 21.7 Å². The molecule has 0 unspecified atom stereocenters. The van der Waals surface area contributed by atoms with Gasteiger partial charge in [0.05, 0.1) is 6.20 Å². The molecule has 1 fully saturated rings. The number of benzene rings is 1. The monoisotopic (exact) mass is 270 g/mol. The van der Waals surface area contributed by atoms with Crippen molar-refractivity contribution in [3.63, 3.8) is 0 Å². The Hall–Kier alpha value is -2.30. The number of hydrogen-bond acceptors (Lipinski definition) is 3. The van der Waals surface area contributed by atoms with E-state index in [2.05, 4.69) is 15.7 Å². The molecule has 0 aliphatic heterocycles. The van der Waals surface area contributed by atoms with E-state index in [4.69, 9.17) is 0 Å². The van der Waals surface area contributed by atoms with E-state index in [1.807, 2.05) is 43.7 Å². The molecular formula is C15H18N4O. The molecule has 20 heavy (non-hydrogen) atoms. The third-order valence-corrected chi connectivity index (χ3v) is 3.29. The lowest BCUT2D eigenvalue weighted by molar-refractivity contribution is 0.0951. The van der Waals surface area contributed by atoms with Crippen LogP contribution in [0.25, 0.3) is 0 Å². The molecule has 0 atom stereocenters. The van der Waals surface area contributed by atoms with Crippen molar-refractivity contribution in [3.05, 3.63) is 47.8 Å². The van der Waals surface area contributed by atoms with Gasteiger partial charge in [-0.3, -0.25) is 9.48 Å².